The van der Waals surface area contributed by atoms with Crippen molar-refractivity contribution >= 4 is 22.5 Å². The number of carbonyl (C=O) groups excluding carboxylic acids is 1. The van der Waals surface area contributed by atoms with E-state index in [4.69, 9.17) is 0 Å². The first-order valence-corrected chi connectivity index (χ1v) is 8.30. The monoisotopic (exact) mass is 340 g/mol. The van der Waals surface area contributed by atoms with E-state index in [1.54, 1.807) is 30.5 Å². The SMILES string of the molecule is O=C(Nc1ccccc1)c1cn(-c2ccccc2)c2ccccc2c1=O. The Bertz CT molecular complexity index is 1130. The van der Waals surface area contributed by atoms with Crippen LogP contribution in [0.3, 0.4) is 0 Å². The molecule has 1 heterocycles. The van der Waals surface area contributed by atoms with Crippen molar-refractivity contribution in [3.05, 3.63) is 107 Å². The van der Waals surface area contributed by atoms with Crippen molar-refractivity contribution in [2.75, 3.05) is 5.32 Å². The molecule has 3 aromatic carbocycles. The van der Waals surface area contributed by atoms with Gasteiger partial charge in [0.15, 0.2) is 0 Å². The Balaban J connectivity index is 1.89. The molecule has 126 valence electrons. The van der Waals surface area contributed by atoms with Gasteiger partial charge in [0, 0.05) is 23.0 Å². The lowest BCUT2D eigenvalue weighted by molar-refractivity contribution is 0.102. The molecule has 1 N–H and O–H groups in total. The first-order valence-electron chi connectivity index (χ1n) is 8.30. The normalized spacial score (nSPS) is 10.6. The third kappa shape index (κ3) is 2.89. The van der Waals surface area contributed by atoms with Crippen LogP contribution in [0.5, 0.6) is 0 Å². The molecule has 4 heteroatoms. The number of benzene rings is 3. The van der Waals surface area contributed by atoms with Crippen molar-refractivity contribution < 1.29 is 4.79 Å². The van der Waals surface area contributed by atoms with E-state index in [0.29, 0.717) is 11.1 Å². The molecule has 0 saturated carbocycles. The minimum atomic E-state index is -0.420. The first-order chi connectivity index (χ1) is 12.7. The molecule has 1 aromatic heterocycles. The van der Waals surface area contributed by atoms with Crippen LogP contribution in [0.4, 0.5) is 5.69 Å². The molecule has 4 aromatic rings. The maximum atomic E-state index is 12.9. The van der Waals surface area contributed by atoms with Crippen molar-refractivity contribution in [2.45, 2.75) is 0 Å². The van der Waals surface area contributed by atoms with Crippen LogP contribution in [-0.2, 0) is 0 Å². The van der Waals surface area contributed by atoms with Crippen molar-refractivity contribution in [3.8, 4) is 5.69 Å². The molecule has 0 aliphatic carbocycles. The lowest BCUT2D eigenvalue weighted by atomic mass is 10.1. The Kier molecular flexibility index (Phi) is 4.07. The van der Waals surface area contributed by atoms with Crippen molar-refractivity contribution in [3.63, 3.8) is 0 Å². The van der Waals surface area contributed by atoms with Crippen LogP contribution >= 0.6 is 0 Å². The molecule has 0 atom stereocenters. The fraction of sp³-hybridized carbons (Fsp3) is 0. The first kappa shape index (κ1) is 15.8. The number of hydrogen-bond acceptors (Lipinski definition) is 2. The quantitative estimate of drug-likeness (QED) is 0.606. The van der Waals surface area contributed by atoms with Gasteiger partial charge in [0.2, 0.25) is 5.43 Å². The highest BCUT2D eigenvalue weighted by Crippen LogP contribution is 2.18. The zero-order valence-corrected chi connectivity index (χ0v) is 13.9. The van der Waals surface area contributed by atoms with E-state index < -0.39 is 5.91 Å². The fourth-order valence-electron chi connectivity index (χ4n) is 2.96. The second kappa shape index (κ2) is 6.69. The van der Waals surface area contributed by atoms with E-state index >= 15 is 0 Å². The predicted octanol–water partition coefficient (Wildman–Crippen LogP) is 4.24. The molecule has 4 nitrogen and oxygen atoms in total. The highest BCUT2D eigenvalue weighted by Gasteiger charge is 2.16. The molecule has 0 aliphatic rings. The largest absolute Gasteiger partial charge is 0.322 e. The molecule has 1 amide bonds. The number of nitrogens with zero attached hydrogens (tertiary/aromatic N) is 1. The summed E-state index contributed by atoms with van der Waals surface area (Å²) in [6.07, 6.45) is 1.61. The summed E-state index contributed by atoms with van der Waals surface area (Å²) < 4.78 is 1.87. The van der Waals surface area contributed by atoms with Crippen LogP contribution < -0.4 is 10.7 Å². The molecule has 0 unspecified atom stereocenters. The number of fused-ring (bicyclic) bond motifs is 1. The second-order valence-corrected chi connectivity index (χ2v) is 5.91. The van der Waals surface area contributed by atoms with E-state index in [1.165, 1.54) is 0 Å². The van der Waals surface area contributed by atoms with E-state index in [1.807, 2.05) is 65.2 Å². The zero-order valence-electron chi connectivity index (χ0n) is 13.9. The molecule has 0 saturated heterocycles. The van der Waals surface area contributed by atoms with Crippen LogP contribution in [0.2, 0.25) is 0 Å². The van der Waals surface area contributed by atoms with Crippen molar-refractivity contribution in [2.24, 2.45) is 0 Å². The maximum absolute atomic E-state index is 12.9. The van der Waals surface area contributed by atoms with Crippen LogP contribution in [0.25, 0.3) is 16.6 Å². The summed E-state index contributed by atoms with van der Waals surface area (Å²) in [4.78, 5) is 25.6. The van der Waals surface area contributed by atoms with Crippen LogP contribution in [0.15, 0.2) is 95.9 Å². The summed E-state index contributed by atoms with van der Waals surface area (Å²) in [6, 6.07) is 26.1. The molecule has 0 bridgehead atoms. The number of hydrogen-bond donors (Lipinski definition) is 1. The molecule has 0 radical (unpaired) electrons. The Hall–Kier alpha value is -3.66. The molecule has 4 rings (SSSR count). The van der Waals surface area contributed by atoms with Gasteiger partial charge in [-0.05, 0) is 36.4 Å². The predicted molar refractivity (Wildman–Crippen MR) is 104 cm³/mol. The maximum Gasteiger partial charge on any atom is 0.261 e. The fourth-order valence-corrected chi connectivity index (χ4v) is 2.96. The minimum Gasteiger partial charge on any atom is -0.322 e. The number of nitrogens with one attached hydrogen (secondary N) is 1. The Labute approximate surface area is 150 Å². The van der Waals surface area contributed by atoms with E-state index in [0.717, 1.165) is 11.2 Å². The summed E-state index contributed by atoms with van der Waals surface area (Å²) in [5.41, 5.74) is 2.13. The van der Waals surface area contributed by atoms with Gasteiger partial charge in [-0.2, -0.15) is 0 Å². The summed E-state index contributed by atoms with van der Waals surface area (Å²) in [7, 11) is 0. The Morgan fingerprint density at radius 3 is 2.12 bits per heavy atom. The molecular formula is C22H16N2O2. The van der Waals surface area contributed by atoms with Gasteiger partial charge in [0.05, 0.1) is 5.52 Å². The van der Waals surface area contributed by atoms with E-state index in [-0.39, 0.29) is 11.0 Å². The van der Waals surface area contributed by atoms with Crippen LogP contribution in [0, 0.1) is 0 Å². The van der Waals surface area contributed by atoms with E-state index in [2.05, 4.69) is 5.32 Å². The molecule has 26 heavy (non-hydrogen) atoms. The van der Waals surface area contributed by atoms with Gasteiger partial charge in [0.25, 0.3) is 5.91 Å². The van der Waals surface area contributed by atoms with Gasteiger partial charge in [-0.1, -0.05) is 48.5 Å². The topological polar surface area (TPSA) is 51.1 Å². The number of aromatic nitrogens is 1. The van der Waals surface area contributed by atoms with Crippen LogP contribution in [-0.4, -0.2) is 10.5 Å². The van der Waals surface area contributed by atoms with Gasteiger partial charge < -0.3 is 9.88 Å². The average molecular weight is 340 g/mol. The van der Waals surface area contributed by atoms with Gasteiger partial charge >= 0.3 is 0 Å². The lowest BCUT2D eigenvalue weighted by Gasteiger charge is -2.13. The number of para-hydroxylation sites is 3. The van der Waals surface area contributed by atoms with Crippen molar-refractivity contribution in [1.82, 2.24) is 4.57 Å². The summed E-state index contributed by atoms with van der Waals surface area (Å²) in [5.74, 6) is -0.420. The number of pyridine rings is 1. The van der Waals surface area contributed by atoms with Crippen LogP contribution in [0.1, 0.15) is 10.4 Å². The molecule has 0 aliphatic heterocycles. The number of rotatable bonds is 3. The summed E-state index contributed by atoms with van der Waals surface area (Å²) in [6.45, 7) is 0. The standard InChI is InChI=1S/C22H16N2O2/c25-21-18-13-7-8-14-20(18)24(17-11-5-2-6-12-17)15-19(21)22(26)23-16-9-3-1-4-10-16/h1-15H,(H,23,26). The Morgan fingerprint density at radius 1 is 0.769 bits per heavy atom. The molecule has 0 spiro atoms. The summed E-state index contributed by atoms with van der Waals surface area (Å²) >= 11 is 0. The summed E-state index contributed by atoms with van der Waals surface area (Å²) in [5, 5.41) is 3.30. The second-order valence-electron chi connectivity index (χ2n) is 5.91. The zero-order chi connectivity index (χ0) is 17.9. The third-order valence-electron chi connectivity index (χ3n) is 4.22. The Morgan fingerprint density at radius 2 is 1.38 bits per heavy atom. The molecule has 0 fully saturated rings. The van der Waals surface area contributed by atoms with Gasteiger partial charge in [-0.3, -0.25) is 9.59 Å². The van der Waals surface area contributed by atoms with Crippen molar-refractivity contribution in [1.29, 1.82) is 0 Å². The van der Waals surface area contributed by atoms with Gasteiger partial charge in [-0.25, -0.2) is 0 Å². The number of carbonyl (C=O) groups is 1. The van der Waals surface area contributed by atoms with Gasteiger partial charge in [-0.15, -0.1) is 0 Å². The highest BCUT2D eigenvalue weighted by molar-refractivity contribution is 6.05. The smallest absolute Gasteiger partial charge is 0.261 e. The third-order valence-corrected chi connectivity index (χ3v) is 4.22. The number of amides is 1. The highest BCUT2D eigenvalue weighted by atomic mass is 16.2. The van der Waals surface area contributed by atoms with E-state index in [9.17, 15) is 9.59 Å². The lowest BCUT2D eigenvalue weighted by Crippen LogP contribution is -2.23. The number of anilines is 1. The van der Waals surface area contributed by atoms with Gasteiger partial charge in [0.1, 0.15) is 5.56 Å². The minimum absolute atomic E-state index is 0.108. The molecular weight excluding hydrogens is 324 g/mol. The average Bonchev–Trinajstić information content (AvgIpc) is 2.70.